The highest BCUT2D eigenvalue weighted by Crippen LogP contribution is 2.30. The summed E-state index contributed by atoms with van der Waals surface area (Å²) in [4.78, 5) is 39.5. The largest absolute Gasteiger partial charge is 0.497 e. The highest BCUT2D eigenvalue weighted by Gasteiger charge is 2.37. The Hall–Kier alpha value is -4.59. The highest BCUT2D eigenvalue weighted by atomic mass is 16.5. The van der Waals surface area contributed by atoms with E-state index in [1.807, 2.05) is 45.0 Å². The molecule has 1 saturated heterocycles. The second kappa shape index (κ2) is 11.0. The van der Waals surface area contributed by atoms with Crippen molar-refractivity contribution < 1.29 is 28.6 Å². The maximum Gasteiger partial charge on any atom is 0.335 e. The third-order valence-corrected chi connectivity index (χ3v) is 5.61. The van der Waals surface area contributed by atoms with Crippen LogP contribution in [0.2, 0.25) is 0 Å². The summed E-state index contributed by atoms with van der Waals surface area (Å²) in [5.74, 6) is 0.0680. The number of hydrogen-bond acceptors (Lipinski definition) is 6. The first-order chi connectivity index (χ1) is 17.7. The number of nitrogens with one attached hydrogen (secondary N) is 1. The molecule has 0 bridgehead atoms. The molecular weight excluding hydrogens is 472 g/mol. The summed E-state index contributed by atoms with van der Waals surface area (Å²) in [7, 11) is 1.53. The van der Waals surface area contributed by atoms with Gasteiger partial charge in [-0.1, -0.05) is 29.8 Å². The number of hydrogen-bond donors (Lipinski definition) is 1. The minimum absolute atomic E-state index is 0.148. The Kier molecular flexibility index (Phi) is 7.57. The number of imide groups is 2. The average molecular weight is 501 g/mol. The van der Waals surface area contributed by atoms with E-state index in [4.69, 9.17) is 14.2 Å². The Labute approximate surface area is 215 Å². The Morgan fingerprint density at radius 3 is 2.24 bits per heavy atom. The molecule has 0 radical (unpaired) electrons. The zero-order valence-electron chi connectivity index (χ0n) is 21.1. The molecule has 0 atom stereocenters. The molecule has 190 valence electrons. The van der Waals surface area contributed by atoms with E-state index >= 15 is 0 Å². The summed E-state index contributed by atoms with van der Waals surface area (Å²) in [5, 5.41) is 2.24. The molecule has 3 aromatic carbocycles. The molecule has 4 amide bonds. The number of carbonyl (C=O) groups excluding carboxylic acids is 3. The monoisotopic (exact) mass is 500 g/mol. The first kappa shape index (κ1) is 25.5. The minimum Gasteiger partial charge on any atom is -0.497 e. The lowest BCUT2D eigenvalue weighted by Gasteiger charge is -2.26. The summed E-state index contributed by atoms with van der Waals surface area (Å²) in [5.41, 5.74) is 2.80. The molecule has 0 saturated carbocycles. The van der Waals surface area contributed by atoms with Gasteiger partial charge in [0.05, 0.1) is 18.9 Å². The van der Waals surface area contributed by atoms with Crippen molar-refractivity contribution in [3.05, 3.63) is 89.0 Å². The molecule has 0 aromatic heterocycles. The van der Waals surface area contributed by atoms with Crippen LogP contribution in [0.3, 0.4) is 0 Å². The Morgan fingerprint density at radius 2 is 1.59 bits per heavy atom. The predicted molar refractivity (Wildman–Crippen MR) is 140 cm³/mol. The minimum atomic E-state index is -0.825. The quantitative estimate of drug-likeness (QED) is 0.344. The van der Waals surface area contributed by atoms with Crippen LogP contribution in [0.5, 0.6) is 17.2 Å². The normalized spacial score (nSPS) is 14.7. The molecule has 3 aromatic rings. The second-order valence-corrected chi connectivity index (χ2v) is 8.80. The van der Waals surface area contributed by atoms with Gasteiger partial charge in [0.15, 0.2) is 0 Å². The third-order valence-electron chi connectivity index (χ3n) is 5.61. The van der Waals surface area contributed by atoms with Gasteiger partial charge in [0, 0.05) is 11.6 Å². The van der Waals surface area contributed by atoms with Crippen molar-refractivity contribution in [2.24, 2.45) is 0 Å². The number of benzene rings is 3. The van der Waals surface area contributed by atoms with Crippen LogP contribution in [0.15, 0.2) is 72.3 Å². The summed E-state index contributed by atoms with van der Waals surface area (Å²) < 4.78 is 16.9. The van der Waals surface area contributed by atoms with Crippen LogP contribution in [0.1, 0.15) is 30.5 Å². The standard InChI is InChI=1S/C29H28N2O6/c1-18(2)37-26-16-24(35-4)12-9-21(26)15-25-27(32)30-29(34)31(28(25)33)22-10-13-23(14-11-22)36-17-20-7-5-19(3)6-8-20/h5-16,18H,17H2,1-4H3,(H,30,32,34)/b25-15+. The summed E-state index contributed by atoms with van der Waals surface area (Å²) in [6.07, 6.45) is 1.26. The number of urea groups is 1. The van der Waals surface area contributed by atoms with Crippen LogP contribution < -0.4 is 24.4 Å². The van der Waals surface area contributed by atoms with Gasteiger partial charge in [-0.2, -0.15) is 0 Å². The molecule has 0 spiro atoms. The maximum atomic E-state index is 13.3. The molecule has 8 nitrogen and oxygen atoms in total. The SMILES string of the molecule is COc1ccc(/C=C2\C(=O)NC(=O)N(c3ccc(OCc4ccc(C)cc4)cc3)C2=O)c(OC(C)C)c1. The number of anilines is 1. The molecule has 8 heteroatoms. The third kappa shape index (κ3) is 5.98. The van der Waals surface area contributed by atoms with Crippen molar-refractivity contribution in [1.29, 1.82) is 0 Å². The smallest absolute Gasteiger partial charge is 0.335 e. The second-order valence-electron chi connectivity index (χ2n) is 8.80. The summed E-state index contributed by atoms with van der Waals surface area (Å²) in [6.45, 7) is 6.13. The number of aryl methyl sites for hydroxylation is 1. The van der Waals surface area contributed by atoms with Crippen molar-refractivity contribution in [2.45, 2.75) is 33.5 Å². The summed E-state index contributed by atoms with van der Waals surface area (Å²) in [6, 6.07) is 18.8. The van der Waals surface area contributed by atoms with E-state index < -0.39 is 17.8 Å². The predicted octanol–water partition coefficient (Wildman–Crippen LogP) is 5.04. The van der Waals surface area contributed by atoms with Gasteiger partial charge in [-0.3, -0.25) is 14.9 Å². The number of ether oxygens (including phenoxy) is 3. The molecule has 37 heavy (non-hydrogen) atoms. The molecule has 1 aliphatic rings. The van der Waals surface area contributed by atoms with E-state index in [-0.39, 0.29) is 11.7 Å². The van der Waals surface area contributed by atoms with Gasteiger partial charge >= 0.3 is 6.03 Å². The van der Waals surface area contributed by atoms with Gasteiger partial charge < -0.3 is 14.2 Å². The Balaban J connectivity index is 1.56. The number of barbiturate groups is 1. The van der Waals surface area contributed by atoms with Crippen molar-refractivity contribution in [2.75, 3.05) is 12.0 Å². The van der Waals surface area contributed by atoms with E-state index in [0.29, 0.717) is 35.1 Å². The van der Waals surface area contributed by atoms with Crippen LogP contribution in [0, 0.1) is 6.92 Å². The van der Waals surface area contributed by atoms with Crippen molar-refractivity contribution in [1.82, 2.24) is 5.32 Å². The molecule has 1 N–H and O–H groups in total. The van der Waals surface area contributed by atoms with E-state index in [1.54, 1.807) is 42.5 Å². The zero-order chi connectivity index (χ0) is 26.5. The van der Waals surface area contributed by atoms with Gasteiger partial charge in [0.1, 0.15) is 29.4 Å². The Bertz CT molecular complexity index is 1340. The van der Waals surface area contributed by atoms with Crippen molar-refractivity contribution in [3.63, 3.8) is 0 Å². The molecule has 1 heterocycles. The fourth-order valence-electron chi connectivity index (χ4n) is 3.71. The van der Waals surface area contributed by atoms with Crippen LogP contribution in [0.25, 0.3) is 6.08 Å². The van der Waals surface area contributed by atoms with Gasteiger partial charge in [0.25, 0.3) is 11.8 Å². The van der Waals surface area contributed by atoms with Crippen LogP contribution in [-0.4, -0.2) is 31.1 Å². The lowest BCUT2D eigenvalue weighted by Crippen LogP contribution is -2.54. The molecule has 4 rings (SSSR count). The fourth-order valence-corrected chi connectivity index (χ4v) is 3.71. The van der Waals surface area contributed by atoms with E-state index in [1.165, 1.54) is 18.7 Å². The van der Waals surface area contributed by atoms with Gasteiger partial charge in [0.2, 0.25) is 0 Å². The lowest BCUT2D eigenvalue weighted by molar-refractivity contribution is -0.122. The molecular formula is C29H28N2O6. The van der Waals surface area contributed by atoms with Crippen molar-refractivity contribution in [3.8, 4) is 17.2 Å². The average Bonchev–Trinajstić information content (AvgIpc) is 2.87. The number of carbonyl (C=O) groups is 3. The fraction of sp³-hybridized carbons (Fsp3) is 0.207. The van der Waals surface area contributed by atoms with Gasteiger partial charge in [-0.25, -0.2) is 9.69 Å². The molecule has 1 aliphatic heterocycles. The molecule has 1 fully saturated rings. The van der Waals surface area contributed by atoms with E-state index in [0.717, 1.165) is 10.5 Å². The number of amides is 4. The van der Waals surface area contributed by atoms with Crippen molar-refractivity contribution >= 4 is 29.6 Å². The van der Waals surface area contributed by atoms with Crippen LogP contribution in [-0.2, 0) is 16.2 Å². The number of rotatable bonds is 8. The van der Waals surface area contributed by atoms with Gasteiger partial charge in [-0.15, -0.1) is 0 Å². The molecule has 0 unspecified atom stereocenters. The summed E-state index contributed by atoms with van der Waals surface area (Å²) >= 11 is 0. The first-order valence-electron chi connectivity index (χ1n) is 11.8. The zero-order valence-corrected chi connectivity index (χ0v) is 21.1. The number of methoxy groups -OCH3 is 1. The molecule has 0 aliphatic carbocycles. The van der Waals surface area contributed by atoms with E-state index in [2.05, 4.69) is 5.32 Å². The Morgan fingerprint density at radius 1 is 0.919 bits per heavy atom. The topological polar surface area (TPSA) is 94.2 Å². The first-order valence-corrected chi connectivity index (χ1v) is 11.8. The van der Waals surface area contributed by atoms with Gasteiger partial charge in [-0.05, 0) is 68.8 Å². The maximum absolute atomic E-state index is 13.3. The van der Waals surface area contributed by atoms with Crippen LogP contribution >= 0.6 is 0 Å². The van der Waals surface area contributed by atoms with E-state index in [9.17, 15) is 14.4 Å². The lowest BCUT2D eigenvalue weighted by atomic mass is 10.1. The number of nitrogens with zero attached hydrogens (tertiary/aromatic N) is 1. The highest BCUT2D eigenvalue weighted by molar-refractivity contribution is 6.39. The van der Waals surface area contributed by atoms with Crippen LogP contribution in [0.4, 0.5) is 10.5 Å².